The summed E-state index contributed by atoms with van der Waals surface area (Å²) < 4.78 is 104. The van der Waals surface area contributed by atoms with E-state index in [1.54, 1.807) is 56.3 Å². The Morgan fingerprint density at radius 1 is 0.769 bits per heavy atom. The number of aryl methyl sites for hydroxylation is 1. The highest BCUT2D eigenvalue weighted by Gasteiger charge is 2.47. The number of hydrogen-bond acceptors (Lipinski definition) is 7. The Morgan fingerprint density at radius 2 is 1.19 bits per heavy atom. The van der Waals surface area contributed by atoms with E-state index in [1.807, 2.05) is 18.2 Å². The van der Waals surface area contributed by atoms with E-state index < -0.39 is 73.3 Å². The Morgan fingerprint density at radius 3 is 1.62 bits per heavy atom. The van der Waals surface area contributed by atoms with E-state index in [-0.39, 0.29) is 50.8 Å². The van der Waals surface area contributed by atoms with Gasteiger partial charge in [-0.05, 0) is 29.4 Å². The van der Waals surface area contributed by atoms with Gasteiger partial charge in [-0.15, -0.1) is 0 Å². The van der Waals surface area contributed by atoms with Crippen molar-refractivity contribution in [2.75, 3.05) is 19.6 Å². The van der Waals surface area contributed by atoms with Crippen LogP contribution < -0.4 is 5.73 Å². The quantitative estimate of drug-likeness (QED) is 0.235. The predicted molar refractivity (Wildman–Crippen MR) is 176 cm³/mol. The molecule has 3 aromatic rings. The molecule has 0 radical (unpaired) electrons. The minimum absolute atomic E-state index is 0.0507. The average Bonchev–Trinajstić information content (AvgIpc) is 3.09. The molecule has 2 saturated heterocycles. The van der Waals surface area contributed by atoms with Gasteiger partial charge >= 0.3 is 18.4 Å². The van der Waals surface area contributed by atoms with Crippen LogP contribution in [0.1, 0.15) is 55.6 Å². The van der Waals surface area contributed by atoms with Crippen molar-refractivity contribution in [3.63, 3.8) is 0 Å². The lowest BCUT2D eigenvalue weighted by molar-refractivity contribution is -0.138. The molecule has 0 saturated carbocycles. The molecule has 0 bridgehead atoms. The molecule has 284 valence electrons. The van der Waals surface area contributed by atoms with Gasteiger partial charge in [0.2, 0.25) is 0 Å². The van der Waals surface area contributed by atoms with Gasteiger partial charge in [-0.1, -0.05) is 74.5 Å². The summed E-state index contributed by atoms with van der Waals surface area (Å²) in [6.07, 6.45) is -5.04. The standard InChI is InChI=1S/C21H22F5N3O2.C15H20F2N2O2/c1-14-9-20(22,23)13-29(19(30)31-12-15-5-3-2-4-6-15)17(14)7-8-18-27-10-16(11-28-18)21(24,25)26;1-11-7-15(16,17)10-19(13(11)8-18)14(20)21-9-12-5-3-2-4-6-12/h2-6,10-11,14,17H,7-9,12-13H2,1H3;2-6,11,13H,7-10,18H2,1H3/t14-,17-;11-,13-/m11/s1. The van der Waals surface area contributed by atoms with Crippen LogP contribution in [0.3, 0.4) is 0 Å². The highest BCUT2D eigenvalue weighted by molar-refractivity contribution is 5.69. The van der Waals surface area contributed by atoms with E-state index in [9.17, 15) is 40.3 Å². The van der Waals surface area contributed by atoms with E-state index >= 15 is 0 Å². The summed E-state index contributed by atoms with van der Waals surface area (Å²) in [6, 6.07) is 17.0. The van der Waals surface area contributed by atoms with Crippen LogP contribution in [0.15, 0.2) is 73.1 Å². The molecule has 3 heterocycles. The van der Waals surface area contributed by atoms with Crippen LogP contribution >= 0.6 is 0 Å². The average molecular weight is 742 g/mol. The first kappa shape index (κ1) is 40.3. The number of nitrogens with zero attached hydrogens (tertiary/aromatic N) is 4. The van der Waals surface area contributed by atoms with Gasteiger partial charge in [0, 0.05) is 44.2 Å². The molecule has 2 aromatic carbocycles. The summed E-state index contributed by atoms with van der Waals surface area (Å²) in [5.74, 6) is -6.69. The second-order valence-electron chi connectivity index (χ2n) is 13.2. The third-order valence-corrected chi connectivity index (χ3v) is 8.98. The van der Waals surface area contributed by atoms with Gasteiger partial charge in [0.05, 0.1) is 24.7 Å². The maximum absolute atomic E-state index is 14.1. The van der Waals surface area contributed by atoms with Gasteiger partial charge in [-0.25, -0.2) is 37.1 Å². The van der Waals surface area contributed by atoms with Crippen molar-refractivity contribution in [3.05, 3.63) is 95.6 Å². The normalized spacial score (nSPS) is 22.5. The first-order chi connectivity index (χ1) is 24.5. The summed E-state index contributed by atoms with van der Waals surface area (Å²) in [4.78, 5) is 34.2. The molecule has 9 nitrogen and oxygen atoms in total. The summed E-state index contributed by atoms with van der Waals surface area (Å²) in [7, 11) is 0. The molecule has 2 aliphatic heterocycles. The molecular formula is C36H42F7N5O4. The highest BCUT2D eigenvalue weighted by atomic mass is 19.4. The lowest BCUT2D eigenvalue weighted by Gasteiger charge is -2.42. The number of carbonyl (C=O) groups is 2. The van der Waals surface area contributed by atoms with Gasteiger partial charge in [0.1, 0.15) is 19.0 Å². The lowest BCUT2D eigenvalue weighted by Crippen LogP contribution is -2.57. The molecule has 5 rings (SSSR count). The van der Waals surface area contributed by atoms with Crippen LogP contribution in [0.25, 0.3) is 0 Å². The fourth-order valence-electron chi connectivity index (χ4n) is 6.40. The molecular weight excluding hydrogens is 699 g/mol. The molecule has 0 unspecified atom stereocenters. The predicted octanol–water partition coefficient (Wildman–Crippen LogP) is 7.74. The Kier molecular flexibility index (Phi) is 13.5. The van der Waals surface area contributed by atoms with E-state index in [4.69, 9.17) is 15.2 Å². The van der Waals surface area contributed by atoms with Crippen molar-refractivity contribution in [3.8, 4) is 0 Å². The van der Waals surface area contributed by atoms with Crippen LogP contribution in [0.5, 0.6) is 0 Å². The molecule has 2 N–H and O–H groups in total. The Hall–Kier alpha value is -4.47. The zero-order valence-corrected chi connectivity index (χ0v) is 28.7. The molecule has 2 aliphatic rings. The first-order valence-electron chi connectivity index (χ1n) is 16.8. The first-order valence-corrected chi connectivity index (χ1v) is 16.8. The summed E-state index contributed by atoms with van der Waals surface area (Å²) in [6.45, 7) is 2.05. The van der Waals surface area contributed by atoms with Crippen LogP contribution in [-0.4, -0.2) is 75.5 Å². The minimum Gasteiger partial charge on any atom is -0.445 e. The summed E-state index contributed by atoms with van der Waals surface area (Å²) in [5.41, 5.74) is 6.20. The maximum Gasteiger partial charge on any atom is 0.419 e. The number of aromatic nitrogens is 2. The number of halogens is 7. The van der Waals surface area contributed by atoms with Gasteiger partial charge in [-0.3, -0.25) is 9.80 Å². The number of benzene rings is 2. The monoisotopic (exact) mass is 741 g/mol. The van der Waals surface area contributed by atoms with Gasteiger partial charge < -0.3 is 15.2 Å². The SMILES string of the molecule is C[C@@H]1CC(F)(F)CN(C(=O)OCc2ccccc2)[C@@H]1CCc1ncc(C(F)(F)F)cn1.C[C@@H]1CC(F)(F)CN(C(=O)OCc2ccccc2)[C@@H]1CN. The number of rotatable bonds is 8. The van der Waals surface area contributed by atoms with E-state index in [1.165, 1.54) is 0 Å². The molecule has 4 atom stereocenters. The number of ether oxygens (including phenoxy) is 2. The van der Waals surface area contributed by atoms with E-state index in [0.717, 1.165) is 20.9 Å². The molecule has 16 heteroatoms. The lowest BCUT2D eigenvalue weighted by atomic mass is 9.86. The number of hydrogen-bond donors (Lipinski definition) is 1. The maximum atomic E-state index is 14.1. The largest absolute Gasteiger partial charge is 0.445 e. The van der Waals surface area contributed by atoms with Crippen LogP contribution in [0, 0.1) is 11.8 Å². The minimum atomic E-state index is -4.54. The third-order valence-electron chi connectivity index (χ3n) is 8.98. The Labute approximate surface area is 297 Å². The molecule has 2 fully saturated rings. The van der Waals surface area contributed by atoms with Crippen molar-refractivity contribution in [2.24, 2.45) is 17.6 Å². The third kappa shape index (κ3) is 11.5. The second kappa shape index (κ2) is 17.4. The van der Waals surface area contributed by atoms with E-state index in [0.29, 0.717) is 12.4 Å². The van der Waals surface area contributed by atoms with Crippen molar-refractivity contribution in [2.45, 2.75) is 82.8 Å². The Bertz CT molecular complexity index is 1580. The van der Waals surface area contributed by atoms with Crippen molar-refractivity contribution in [1.29, 1.82) is 0 Å². The summed E-state index contributed by atoms with van der Waals surface area (Å²) >= 11 is 0. The van der Waals surface area contributed by atoms with Crippen molar-refractivity contribution < 1.29 is 49.8 Å². The van der Waals surface area contributed by atoms with Gasteiger partial charge in [0.15, 0.2) is 0 Å². The number of alkyl halides is 7. The van der Waals surface area contributed by atoms with Gasteiger partial charge in [0.25, 0.3) is 11.8 Å². The zero-order chi connectivity index (χ0) is 38.1. The zero-order valence-electron chi connectivity index (χ0n) is 28.7. The molecule has 0 spiro atoms. The number of piperidine rings is 2. The fourth-order valence-corrected chi connectivity index (χ4v) is 6.40. The molecule has 2 amide bonds. The fraction of sp³-hybridized carbons (Fsp3) is 0.500. The summed E-state index contributed by atoms with van der Waals surface area (Å²) in [5, 5.41) is 0. The number of carbonyl (C=O) groups excluding carboxylic acids is 2. The number of amides is 2. The smallest absolute Gasteiger partial charge is 0.419 e. The Balaban J connectivity index is 0.000000251. The van der Waals surface area contributed by atoms with Crippen molar-refractivity contribution in [1.82, 2.24) is 19.8 Å². The number of likely N-dealkylation sites (tertiary alicyclic amines) is 2. The van der Waals surface area contributed by atoms with Crippen molar-refractivity contribution >= 4 is 12.2 Å². The second-order valence-corrected chi connectivity index (χ2v) is 13.2. The van der Waals surface area contributed by atoms with Gasteiger partial charge in [-0.2, -0.15) is 13.2 Å². The number of nitrogens with two attached hydrogens (primary N) is 1. The van der Waals surface area contributed by atoms with Crippen LogP contribution in [0.2, 0.25) is 0 Å². The van der Waals surface area contributed by atoms with Crippen LogP contribution in [-0.2, 0) is 35.3 Å². The molecule has 1 aromatic heterocycles. The van der Waals surface area contributed by atoms with E-state index in [2.05, 4.69) is 9.97 Å². The highest BCUT2D eigenvalue weighted by Crippen LogP contribution is 2.37. The topological polar surface area (TPSA) is 111 Å². The molecule has 52 heavy (non-hydrogen) atoms. The molecule has 0 aliphatic carbocycles. The van der Waals surface area contributed by atoms with Crippen LogP contribution in [0.4, 0.5) is 40.3 Å².